The first kappa shape index (κ1) is 20.1. The molecule has 0 amide bonds. The summed E-state index contributed by atoms with van der Waals surface area (Å²) in [5.41, 5.74) is 2.07. The summed E-state index contributed by atoms with van der Waals surface area (Å²) in [4.78, 5) is 20.3. The van der Waals surface area contributed by atoms with E-state index in [4.69, 9.17) is 14.6 Å². The van der Waals surface area contributed by atoms with Crippen molar-refractivity contribution in [3.63, 3.8) is 0 Å². The summed E-state index contributed by atoms with van der Waals surface area (Å²) < 4.78 is 12.7. The number of carboxylic acid groups (broad SMARTS) is 1. The zero-order valence-corrected chi connectivity index (χ0v) is 17.8. The fraction of sp³-hybridized carbons (Fsp3) is 0.174. The summed E-state index contributed by atoms with van der Waals surface area (Å²) in [5, 5.41) is 17.6. The highest BCUT2D eigenvalue weighted by molar-refractivity contribution is 7.17. The fourth-order valence-corrected chi connectivity index (χ4v) is 4.18. The maximum atomic E-state index is 11.0. The number of para-hydroxylation sites is 2. The summed E-state index contributed by atoms with van der Waals surface area (Å²) in [6, 6.07) is 16.3. The molecule has 2 aromatic heterocycles. The van der Waals surface area contributed by atoms with Crippen molar-refractivity contribution >= 4 is 39.3 Å². The summed E-state index contributed by atoms with van der Waals surface area (Å²) in [6.45, 7) is 1.46. The van der Waals surface area contributed by atoms with Crippen LogP contribution >= 0.6 is 11.3 Å². The average molecular weight is 449 g/mol. The Morgan fingerprint density at radius 2 is 1.88 bits per heavy atom. The third kappa shape index (κ3) is 4.28. The normalized spacial score (nSPS) is 14.8. The molecule has 5 rings (SSSR count). The molecule has 0 fully saturated rings. The minimum absolute atomic E-state index is 0.157. The van der Waals surface area contributed by atoms with Crippen LogP contribution in [0, 0.1) is 0 Å². The maximum absolute atomic E-state index is 11.0. The number of hydrogen-bond donors (Lipinski definition) is 3. The summed E-state index contributed by atoms with van der Waals surface area (Å²) >= 11 is 1.56. The van der Waals surface area contributed by atoms with Gasteiger partial charge in [-0.2, -0.15) is 4.98 Å². The Morgan fingerprint density at radius 1 is 1.06 bits per heavy atom. The van der Waals surface area contributed by atoms with Gasteiger partial charge >= 0.3 is 5.97 Å². The van der Waals surface area contributed by atoms with Crippen LogP contribution in [0.5, 0.6) is 11.5 Å². The molecule has 1 unspecified atom stereocenters. The molecular formula is C23H20N4O4S. The minimum atomic E-state index is -0.938. The van der Waals surface area contributed by atoms with Crippen molar-refractivity contribution in [3.05, 3.63) is 71.1 Å². The zero-order chi connectivity index (χ0) is 21.9. The van der Waals surface area contributed by atoms with E-state index in [0.717, 1.165) is 33.1 Å². The van der Waals surface area contributed by atoms with Gasteiger partial charge < -0.3 is 25.2 Å². The van der Waals surface area contributed by atoms with E-state index in [1.165, 1.54) is 0 Å². The lowest BCUT2D eigenvalue weighted by atomic mass is 10.1. The average Bonchev–Trinajstić information content (AvgIpc) is 3.30. The first-order valence-corrected chi connectivity index (χ1v) is 11.0. The topological polar surface area (TPSA) is 106 Å². The quantitative estimate of drug-likeness (QED) is 0.385. The first-order valence-electron chi connectivity index (χ1n) is 10.1. The lowest BCUT2D eigenvalue weighted by Crippen LogP contribution is -2.35. The number of nitrogens with zero attached hydrogens (tertiary/aromatic N) is 2. The lowest BCUT2D eigenvalue weighted by Gasteiger charge is -2.26. The van der Waals surface area contributed by atoms with Crippen LogP contribution in [0.2, 0.25) is 0 Å². The van der Waals surface area contributed by atoms with E-state index in [1.54, 1.807) is 35.6 Å². The highest BCUT2D eigenvalue weighted by atomic mass is 32.1. The first-order chi connectivity index (χ1) is 15.7. The Balaban J connectivity index is 1.27. The van der Waals surface area contributed by atoms with Crippen molar-refractivity contribution < 1.29 is 19.4 Å². The smallest absolute Gasteiger partial charge is 0.335 e. The van der Waals surface area contributed by atoms with Gasteiger partial charge in [-0.25, -0.2) is 9.78 Å². The van der Waals surface area contributed by atoms with Gasteiger partial charge in [-0.3, -0.25) is 0 Å². The molecule has 32 heavy (non-hydrogen) atoms. The highest BCUT2D eigenvalue weighted by Gasteiger charge is 2.21. The van der Waals surface area contributed by atoms with Crippen LogP contribution in [0.25, 0.3) is 10.2 Å². The number of benzene rings is 2. The van der Waals surface area contributed by atoms with Gasteiger partial charge in [-0.15, -0.1) is 11.3 Å². The second-order valence-electron chi connectivity index (χ2n) is 7.26. The van der Waals surface area contributed by atoms with Crippen LogP contribution in [-0.2, 0) is 6.54 Å². The van der Waals surface area contributed by atoms with Crippen molar-refractivity contribution in [2.45, 2.75) is 12.6 Å². The number of aromatic carboxylic acids is 1. The van der Waals surface area contributed by atoms with Gasteiger partial charge in [-0.1, -0.05) is 24.3 Å². The number of fused-ring (bicyclic) bond motifs is 2. The standard InChI is InChI=1S/C23H20N4O4S/c28-22(29)15-7-5-14(6-8-15)11-24-21-20-17(9-10-32-20)26-23(27-21)25-12-16-13-30-18-3-1-2-4-19(18)31-16/h1-10,16H,11-13H2,(H,28,29)(H2,24,25,26,27). The van der Waals surface area contributed by atoms with Crippen LogP contribution < -0.4 is 20.1 Å². The van der Waals surface area contributed by atoms with Crippen LogP contribution in [0.3, 0.4) is 0 Å². The van der Waals surface area contributed by atoms with Crippen LogP contribution in [0.1, 0.15) is 15.9 Å². The monoisotopic (exact) mass is 448 g/mol. The molecule has 9 heteroatoms. The number of nitrogens with one attached hydrogen (secondary N) is 2. The molecule has 0 bridgehead atoms. The molecular weight excluding hydrogens is 428 g/mol. The number of anilines is 2. The molecule has 0 radical (unpaired) electrons. The van der Waals surface area contributed by atoms with Gasteiger partial charge in [0.15, 0.2) is 11.5 Å². The van der Waals surface area contributed by atoms with Crippen LogP contribution in [0.15, 0.2) is 60.0 Å². The van der Waals surface area contributed by atoms with E-state index in [-0.39, 0.29) is 11.7 Å². The van der Waals surface area contributed by atoms with Crippen molar-refractivity contribution in [1.29, 1.82) is 0 Å². The molecule has 1 aliphatic rings. The number of rotatable bonds is 7. The second-order valence-corrected chi connectivity index (χ2v) is 8.18. The number of hydrogen-bond acceptors (Lipinski definition) is 8. The number of carbonyl (C=O) groups is 1. The van der Waals surface area contributed by atoms with Crippen molar-refractivity contribution in [3.8, 4) is 11.5 Å². The van der Waals surface area contributed by atoms with Gasteiger partial charge in [0, 0.05) is 6.54 Å². The number of carboxylic acids is 1. The predicted molar refractivity (Wildman–Crippen MR) is 123 cm³/mol. The maximum Gasteiger partial charge on any atom is 0.335 e. The van der Waals surface area contributed by atoms with E-state index in [0.29, 0.717) is 25.6 Å². The van der Waals surface area contributed by atoms with Gasteiger partial charge in [0.2, 0.25) is 5.95 Å². The minimum Gasteiger partial charge on any atom is -0.486 e. The molecule has 162 valence electrons. The molecule has 0 spiro atoms. The number of ether oxygens (including phenoxy) is 2. The zero-order valence-electron chi connectivity index (χ0n) is 16.9. The molecule has 0 aliphatic carbocycles. The summed E-state index contributed by atoms with van der Waals surface area (Å²) in [6.07, 6.45) is -0.157. The van der Waals surface area contributed by atoms with Crippen LogP contribution in [0.4, 0.5) is 11.8 Å². The second kappa shape index (κ2) is 8.72. The SMILES string of the molecule is O=C(O)c1ccc(CNc2nc(NCC3COc4ccccc4O3)nc3ccsc23)cc1. The Morgan fingerprint density at radius 3 is 2.69 bits per heavy atom. The lowest BCUT2D eigenvalue weighted by molar-refractivity contribution is 0.0697. The Kier molecular flexibility index (Phi) is 5.47. The van der Waals surface area contributed by atoms with Crippen molar-refractivity contribution in [2.24, 2.45) is 0 Å². The molecule has 8 nitrogen and oxygen atoms in total. The van der Waals surface area contributed by atoms with E-state index < -0.39 is 5.97 Å². The van der Waals surface area contributed by atoms with Gasteiger partial charge in [-0.05, 0) is 41.3 Å². The molecule has 1 aliphatic heterocycles. The molecule has 4 aromatic rings. The van der Waals surface area contributed by atoms with E-state index >= 15 is 0 Å². The molecule has 3 N–H and O–H groups in total. The van der Waals surface area contributed by atoms with E-state index in [1.807, 2.05) is 35.7 Å². The highest BCUT2D eigenvalue weighted by Crippen LogP contribution is 2.31. The Labute approximate surface area is 187 Å². The van der Waals surface area contributed by atoms with E-state index in [2.05, 4.69) is 20.6 Å². The molecule has 0 saturated carbocycles. The third-order valence-electron chi connectivity index (χ3n) is 5.02. The predicted octanol–water partition coefficient (Wildman–Crippen LogP) is 4.25. The van der Waals surface area contributed by atoms with Gasteiger partial charge in [0.25, 0.3) is 0 Å². The molecule has 1 atom stereocenters. The third-order valence-corrected chi connectivity index (χ3v) is 5.93. The fourth-order valence-electron chi connectivity index (χ4n) is 3.38. The van der Waals surface area contributed by atoms with Crippen LogP contribution in [-0.4, -0.2) is 40.3 Å². The molecule has 0 saturated heterocycles. The Bertz CT molecular complexity index is 1260. The van der Waals surface area contributed by atoms with E-state index in [9.17, 15) is 4.79 Å². The van der Waals surface area contributed by atoms with Crippen molar-refractivity contribution in [2.75, 3.05) is 23.8 Å². The summed E-state index contributed by atoms with van der Waals surface area (Å²) in [7, 11) is 0. The van der Waals surface area contributed by atoms with Gasteiger partial charge in [0.1, 0.15) is 18.5 Å². The number of aromatic nitrogens is 2. The van der Waals surface area contributed by atoms with Crippen molar-refractivity contribution in [1.82, 2.24) is 9.97 Å². The number of thiophene rings is 1. The molecule has 2 aromatic carbocycles. The largest absolute Gasteiger partial charge is 0.486 e. The Hall–Kier alpha value is -3.85. The van der Waals surface area contributed by atoms with Gasteiger partial charge in [0.05, 0.1) is 22.3 Å². The molecule has 3 heterocycles. The summed E-state index contributed by atoms with van der Waals surface area (Å²) in [5.74, 6) is 1.77.